The number of benzene rings is 2. The quantitative estimate of drug-likeness (QED) is 0.239. The van der Waals surface area contributed by atoms with E-state index in [1.165, 1.54) is 35.0 Å². The molecule has 1 amide bonds. The molecule has 3 heterocycles. The number of hydrogen-bond donors (Lipinski definition) is 3. The summed E-state index contributed by atoms with van der Waals surface area (Å²) in [5.74, 6) is -1.20. The molecule has 5 rings (SSSR count). The average molecular weight is 511 g/mol. The van der Waals surface area contributed by atoms with Crippen molar-refractivity contribution < 1.29 is 18.3 Å². The number of methoxy groups -OCH3 is 1. The third kappa shape index (κ3) is 5.00. The molecule has 3 aromatic heterocycles. The third-order valence-corrected chi connectivity index (χ3v) is 5.72. The van der Waals surface area contributed by atoms with Crippen LogP contribution in [0.1, 0.15) is 16.9 Å². The second kappa shape index (κ2) is 9.92. The van der Waals surface area contributed by atoms with Gasteiger partial charge in [0.05, 0.1) is 16.7 Å². The van der Waals surface area contributed by atoms with Gasteiger partial charge in [0.25, 0.3) is 5.91 Å². The molecule has 0 aliphatic rings. The van der Waals surface area contributed by atoms with Crippen molar-refractivity contribution in [3.05, 3.63) is 77.2 Å². The molecule has 0 aliphatic heterocycles. The maximum Gasteiger partial charge on any atom is 0.278 e. The Hall–Kier alpha value is -4.02. The number of halogens is 3. The normalized spacial score (nSPS) is 11.3. The molecule has 2 aromatic carbocycles. The summed E-state index contributed by atoms with van der Waals surface area (Å²) in [4.78, 5) is 24.7. The van der Waals surface area contributed by atoms with Gasteiger partial charge in [-0.05, 0) is 47.9 Å². The number of nitrogens with one attached hydrogen (secondary N) is 3. The molecule has 3 N–H and O–H groups in total. The standard InChI is InChI=1S/C25H21ClF2N6O2/c1-36-6-2-5-29-21-11-18(28)12-34-13-22(30-23(21)34)24(35)33-25-31-19-4-3-14(9-20(19)32-25)15-7-16(26)10-17(27)8-15/h3-4,7-13,29H,2,5-6H2,1H3,(H2,31,32,33,35). The van der Waals surface area contributed by atoms with Gasteiger partial charge in [0, 0.05) is 43.7 Å². The number of carbonyl (C=O) groups excluding carboxylic acids is 1. The number of rotatable bonds is 8. The number of ether oxygens (including phenoxy) is 1. The lowest BCUT2D eigenvalue weighted by molar-refractivity contribution is 0.102. The summed E-state index contributed by atoms with van der Waals surface area (Å²) >= 11 is 5.98. The number of fused-ring (bicyclic) bond motifs is 2. The second-order valence-corrected chi connectivity index (χ2v) is 8.57. The number of aromatic amines is 1. The molecule has 0 atom stereocenters. The number of pyridine rings is 1. The molecule has 0 bridgehead atoms. The van der Waals surface area contributed by atoms with E-state index in [4.69, 9.17) is 16.3 Å². The van der Waals surface area contributed by atoms with Gasteiger partial charge in [-0.25, -0.2) is 18.7 Å². The van der Waals surface area contributed by atoms with E-state index in [-0.39, 0.29) is 11.6 Å². The Labute approximate surface area is 209 Å². The molecule has 0 unspecified atom stereocenters. The largest absolute Gasteiger partial charge is 0.385 e. The maximum atomic E-state index is 14.1. The molecule has 0 radical (unpaired) electrons. The Morgan fingerprint density at radius 1 is 1.08 bits per heavy atom. The number of carbonyl (C=O) groups is 1. The number of aromatic nitrogens is 4. The van der Waals surface area contributed by atoms with E-state index in [1.807, 2.05) is 0 Å². The highest BCUT2D eigenvalue weighted by Gasteiger charge is 2.16. The smallest absolute Gasteiger partial charge is 0.278 e. The lowest BCUT2D eigenvalue weighted by Crippen LogP contribution is -2.13. The van der Waals surface area contributed by atoms with Gasteiger partial charge in [-0.3, -0.25) is 10.1 Å². The van der Waals surface area contributed by atoms with Gasteiger partial charge in [0.1, 0.15) is 17.3 Å². The molecular weight excluding hydrogens is 490 g/mol. The maximum absolute atomic E-state index is 14.1. The van der Waals surface area contributed by atoms with Crippen LogP contribution in [0.2, 0.25) is 5.02 Å². The fourth-order valence-corrected chi connectivity index (χ4v) is 4.10. The van der Waals surface area contributed by atoms with Crippen LogP contribution in [0.4, 0.5) is 20.4 Å². The van der Waals surface area contributed by atoms with Crippen molar-refractivity contribution in [3.8, 4) is 11.1 Å². The Bertz CT molecular complexity index is 1560. The number of H-pyrrole nitrogens is 1. The zero-order chi connectivity index (χ0) is 25.2. The van der Waals surface area contributed by atoms with E-state index in [0.29, 0.717) is 46.1 Å². The van der Waals surface area contributed by atoms with Crippen molar-refractivity contribution >= 4 is 45.8 Å². The van der Waals surface area contributed by atoms with Crippen LogP contribution in [0.25, 0.3) is 27.8 Å². The van der Waals surface area contributed by atoms with Crippen molar-refractivity contribution in [2.45, 2.75) is 6.42 Å². The van der Waals surface area contributed by atoms with Crippen LogP contribution in [-0.2, 0) is 4.74 Å². The van der Waals surface area contributed by atoms with E-state index in [9.17, 15) is 13.6 Å². The minimum atomic E-state index is -0.513. The molecular formula is C25H21ClF2N6O2. The van der Waals surface area contributed by atoms with Crippen molar-refractivity contribution in [1.82, 2.24) is 19.4 Å². The number of imidazole rings is 2. The summed E-state index contributed by atoms with van der Waals surface area (Å²) in [7, 11) is 1.61. The van der Waals surface area contributed by atoms with Gasteiger partial charge in [0.2, 0.25) is 5.95 Å². The number of nitrogens with zero attached hydrogens (tertiary/aromatic N) is 3. The van der Waals surface area contributed by atoms with E-state index < -0.39 is 17.5 Å². The van der Waals surface area contributed by atoms with E-state index in [0.717, 1.165) is 12.0 Å². The van der Waals surface area contributed by atoms with E-state index in [2.05, 4.69) is 25.6 Å². The van der Waals surface area contributed by atoms with Crippen molar-refractivity contribution in [3.63, 3.8) is 0 Å². The molecule has 0 aliphatic carbocycles. The van der Waals surface area contributed by atoms with Gasteiger partial charge in [0.15, 0.2) is 5.65 Å². The monoisotopic (exact) mass is 510 g/mol. The molecule has 0 fully saturated rings. The van der Waals surface area contributed by atoms with Crippen LogP contribution in [0.3, 0.4) is 0 Å². The van der Waals surface area contributed by atoms with Crippen LogP contribution in [0, 0.1) is 11.6 Å². The molecule has 8 nitrogen and oxygen atoms in total. The number of anilines is 2. The zero-order valence-corrected chi connectivity index (χ0v) is 19.9. The highest BCUT2D eigenvalue weighted by molar-refractivity contribution is 6.30. The van der Waals surface area contributed by atoms with Crippen LogP contribution in [0.15, 0.2) is 54.9 Å². The lowest BCUT2D eigenvalue weighted by Gasteiger charge is -2.07. The Kier molecular flexibility index (Phi) is 6.53. The average Bonchev–Trinajstić information content (AvgIpc) is 3.44. The lowest BCUT2D eigenvalue weighted by atomic mass is 10.1. The van der Waals surface area contributed by atoms with Crippen LogP contribution < -0.4 is 10.6 Å². The van der Waals surface area contributed by atoms with Crippen molar-refractivity contribution in [2.75, 3.05) is 30.9 Å². The van der Waals surface area contributed by atoms with Crippen LogP contribution in [-0.4, -0.2) is 45.5 Å². The topological polar surface area (TPSA) is 96.3 Å². The highest BCUT2D eigenvalue weighted by atomic mass is 35.5. The highest BCUT2D eigenvalue weighted by Crippen LogP contribution is 2.27. The molecule has 36 heavy (non-hydrogen) atoms. The minimum absolute atomic E-state index is 0.0936. The molecule has 5 aromatic rings. The first-order valence-electron chi connectivity index (χ1n) is 11.1. The van der Waals surface area contributed by atoms with Crippen molar-refractivity contribution in [1.29, 1.82) is 0 Å². The first-order chi connectivity index (χ1) is 17.4. The van der Waals surface area contributed by atoms with Gasteiger partial charge in [-0.1, -0.05) is 17.7 Å². The van der Waals surface area contributed by atoms with Gasteiger partial charge in [-0.2, -0.15) is 0 Å². The predicted octanol–water partition coefficient (Wildman–Crippen LogP) is 5.51. The number of hydrogen-bond acceptors (Lipinski definition) is 5. The number of amides is 1. The van der Waals surface area contributed by atoms with E-state index >= 15 is 0 Å². The molecule has 0 spiro atoms. The summed E-state index contributed by atoms with van der Waals surface area (Å²) in [5, 5.41) is 6.10. The first-order valence-corrected chi connectivity index (χ1v) is 11.5. The Balaban J connectivity index is 1.37. The van der Waals surface area contributed by atoms with Gasteiger partial charge >= 0.3 is 0 Å². The van der Waals surface area contributed by atoms with Gasteiger partial charge in [-0.15, -0.1) is 0 Å². The summed E-state index contributed by atoms with van der Waals surface area (Å²) in [6.07, 6.45) is 3.43. The third-order valence-electron chi connectivity index (χ3n) is 5.50. The predicted molar refractivity (Wildman–Crippen MR) is 135 cm³/mol. The summed E-state index contributed by atoms with van der Waals surface area (Å²) < 4.78 is 34.3. The minimum Gasteiger partial charge on any atom is -0.385 e. The zero-order valence-electron chi connectivity index (χ0n) is 19.1. The molecule has 184 valence electrons. The second-order valence-electron chi connectivity index (χ2n) is 8.13. The van der Waals surface area contributed by atoms with Crippen LogP contribution >= 0.6 is 11.6 Å². The summed E-state index contributed by atoms with van der Waals surface area (Å²) in [5.41, 5.74) is 3.57. The van der Waals surface area contributed by atoms with Gasteiger partial charge < -0.3 is 19.4 Å². The summed E-state index contributed by atoms with van der Waals surface area (Å²) in [6, 6.07) is 11.0. The fourth-order valence-electron chi connectivity index (χ4n) is 3.88. The Morgan fingerprint density at radius 3 is 2.75 bits per heavy atom. The Morgan fingerprint density at radius 2 is 1.94 bits per heavy atom. The molecule has 0 saturated carbocycles. The first kappa shape index (κ1) is 23.7. The SMILES string of the molecule is COCCCNc1cc(F)cn2cc(C(=O)Nc3nc4cc(-c5cc(F)cc(Cl)c5)ccc4[nH]3)nc12. The molecule has 11 heteroatoms. The van der Waals surface area contributed by atoms with Crippen molar-refractivity contribution in [2.24, 2.45) is 0 Å². The molecule has 0 saturated heterocycles. The fraction of sp³-hybridized carbons (Fsp3) is 0.160. The van der Waals surface area contributed by atoms with E-state index in [1.54, 1.807) is 31.4 Å². The van der Waals surface area contributed by atoms with Crippen LogP contribution in [0.5, 0.6) is 0 Å². The summed E-state index contributed by atoms with van der Waals surface area (Å²) in [6.45, 7) is 1.12.